The molecule has 4 nitrogen and oxygen atoms in total. The minimum atomic E-state index is -1.21. The largest absolute Gasteiger partial charge is 0.358 e. The lowest BCUT2D eigenvalue weighted by Gasteiger charge is -2.14. The van der Waals surface area contributed by atoms with Crippen molar-refractivity contribution in [1.29, 1.82) is 0 Å². The summed E-state index contributed by atoms with van der Waals surface area (Å²) in [5, 5.41) is 0. The number of hydrogen-bond acceptors (Lipinski definition) is 4. The molecule has 1 aliphatic heterocycles. The van der Waals surface area contributed by atoms with E-state index in [9.17, 15) is 9.59 Å². The minimum Gasteiger partial charge on any atom is -0.297 e. The first-order chi connectivity index (χ1) is 7.14. The summed E-state index contributed by atoms with van der Waals surface area (Å²) in [7, 11) is 0. The Morgan fingerprint density at radius 3 is 2.53 bits per heavy atom. The maximum Gasteiger partial charge on any atom is 0.358 e. The SMILES string of the molecule is CC1(C(=O)c2ccccc2)COOC1=O. The Hall–Kier alpha value is -1.68. The molecule has 0 radical (unpaired) electrons. The third-order valence-corrected chi connectivity index (χ3v) is 2.47. The Balaban J connectivity index is 2.33. The van der Waals surface area contributed by atoms with Crippen LogP contribution >= 0.6 is 0 Å². The summed E-state index contributed by atoms with van der Waals surface area (Å²) in [6, 6.07) is 8.64. The molecule has 1 aromatic carbocycles. The van der Waals surface area contributed by atoms with Gasteiger partial charge in [-0.15, -0.1) is 0 Å². The van der Waals surface area contributed by atoms with Gasteiger partial charge < -0.3 is 0 Å². The van der Waals surface area contributed by atoms with Crippen molar-refractivity contribution in [2.24, 2.45) is 5.41 Å². The molecule has 2 rings (SSSR count). The van der Waals surface area contributed by atoms with Crippen LogP contribution in [0.1, 0.15) is 17.3 Å². The Morgan fingerprint density at radius 1 is 1.33 bits per heavy atom. The van der Waals surface area contributed by atoms with Gasteiger partial charge in [-0.2, -0.15) is 4.89 Å². The minimum absolute atomic E-state index is 0.0282. The van der Waals surface area contributed by atoms with Crippen molar-refractivity contribution in [3.05, 3.63) is 35.9 Å². The van der Waals surface area contributed by atoms with Gasteiger partial charge in [-0.1, -0.05) is 30.3 Å². The molecule has 1 aliphatic rings. The lowest BCUT2D eigenvalue weighted by Crippen LogP contribution is -2.35. The Bertz CT molecular complexity index is 398. The zero-order valence-corrected chi connectivity index (χ0v) is 8.23. The van der Waals surface area contributed by atoms with Crippen LogP contribution in [0.5, 0.6) is 0 Å². The maximum absolute atomic E-state index is 12.0. The van der Waals surface area contributed by atoms with E-state index < -0.39 is 11.4 Å². The first kappa shape index (κ1) is 9.86. The van der Waals surface area contributed by atoms with Crippen LogP contribution in [-0.4, -0.2) is 18.4 Å². The normalized spacial score (nSPS) is 25.0. The smallest absolute Gasteiger partial charge is 0.297 e. The van der Waals surface area contributed by atoms with Crippen molar-refractivity contribution in [3.8, 4) is 0 Å². The molecule has 0 N–H and O–H groups in total. The molecular formula is C11H10O4. The van der Waals surface area contributed by atoms with Crippen LogP contribution in [0.25, 0.3) is 0 Å². The van der Waals surface area contributed by atoms with E-state index in [-0.39, 0.29) is 12.4 Å². The predicted octanol–water partition coefficient (Wildman–Crippen LogP) is 1.36. The summed E-state index contributed by atoms with van der Waals surface area (Å²) < 4.78 is 0. The fourth-order valence-corrected chi connectivity index (χ4v) is 1.42. The first-order valence-corrected chi connectivity index (χ1v) is 4.58. The molecule has 0 spiro atoms. The maximum atomic E-state index is 12.0. The predicted molar refractivity (Wildman–Crippen MR) is 50.9 cm³/mol. The second kappa shape index (κ2) is 3.47. The Morgan fingerprint density at radius 2 is 2.00 bits per heavy atom. The molecule has 1 atom stereocenters. The zero-order chi connectivity index (χ0) is 10.9. The average Bonchev–Trinajstić information content (AvgIpc) is 2.61. The number of carbonyl (C=O) groups excluding carboxylic acids is 2. The van der Waals surface area contributed by atoms with Crippen molar-refractivity contribution in [3.63, 3.8) is 0 Å². The van der Waals surface area contributed by atoms with Crippen LogP contribution in [-0.2, 0) is 14.6 Å². The van der Waals surface area contributed by atoms with E-state index in [1.165, 1.54) is 6.92 Å². The van der Waals surface area contributed by atoms with E-state index in [4.69, 9.17) is 0 Å². The number of hydrogen-bond donors (Lipinski definition) is 0. The van der Waals surface area contributed by atoms with E-state index in [2.05, 4.69) is 9.78 Å². The van der Waals surface area contributed by atoms with Crippen LogP contribution in [0, 0.1) is 5.41 Å². The van der Waals surface area contributed by atoms with Gasteiger partial charge in [0, 0.05) is 5.56 Å². The van der Waals surface area contributed by atoms with E-state index in [1.54, 1.807) is 24.3 Å². The van der Waals surface area contributed by atoms with Gasteiger partial charge in [-0.3, -0.25) is 9.68 Å². The van der Waals surface area contributed by atoms with Gasteiger partial charge in [0.1, 0.15) is 6.61 Å². The van der Waals surface area contributed by atoms with Crippen LogP contribution in [0.3, 0.4) is 0 Å². The number of carbonyl (C=O) groups is 2. The fourth-order valence-electron chi connectivity index (χ4n) is 1.42. The summed E-state index contributed by atoms with van der Waals surface area (Å²) in [5.74, 6) is -0.901. The number of rotatable bonds is 2. The van der Waals surface area contributed by atoms with Crippen molar-refractivity contribution >= 4 is 11.8 Å². The molecule has 78 valence electrons. The topological polar surface area (TPSA) is 52.6 Å². The number of Topliss-reactive ketones (excluding diaryl/α,β-unsaturated/α-hetero) is 1. The molecule has 1 aromatic rings. The molecule has 0 aromatic heterocycles. The van der Waals surface area contributed by atoms with Crippen LogP contribution in [0.2, 0.25) is 0 Å². The Kier molecular flexibility index (Phi) is 2.28. The second-order valence-electron chi connectivity index (χ2n) is 3.66. The second-order valence-corrected chi connectivity index (χ2v) is 3.66. The molecular weight excluding hydrogens is 196 g/mol. The molecule has 15 heavy (non-hydrogen) atoms. The van der Waals surface area contributed by atoms with Crippen molar-refractivity contribution < 1.29 is 19.4 Å². The summed E-state index contributed by atoms with van der Waals surface area (Å²) in [5.41, 5.74) is -0.719. The highest BCUT2D eigenvalue weighted by Gasteiger charge is 2.49. The van der Waals surface area contributed by atoms with Crippen LogP contribution in [0.15, 0.2) is 30.3 Å². The molecule has 1 saturated heterocycles. The quantitative estimate of drug-likeness (QED) is 0.416. The number of ketones is 1. The Labute approximate surface area is 86.7 Å². The fraction of sp³-hybridized carbons (Fsp3) is 0.273. The lowest BCUT2D eigenvalue weighted by molar-refractivity contribution is -0.240. The van der Waals surface area contributed by atoms with Gasteiger partial charge in [-0.25, -0.2) is 4.79 Å². The molecule has 1 heterocycles. The highest BCUT2D eigenvalue weighted by atomic mass is 17.2. The van der Waals surface area contributed by atoms with Crippen molar-refractivity contribution in [1.82, 2.24) is 0 Å². The molecule has 0 aliphatic carbocycles. The van der Waals surface area contributed by atoms with E-state index in [1.807, 2.05) is 6.07 Å². The van der Waals surface area contributed by atoms with E-state index in [0.717, 1.165) is 0 Å². The molecule has 4 heteroatoms. The van der Waals surface area contributed by atoms with Crippen LogP contribution in [0.4, 0.5) is 0 Å². The molecule has 1 fully saturated rings. The molecule has 0 saturated carbocycles. The van der Waals surface area contributed by atoms with Crippen molar-refractivity contribution in [2.45, 2.75) is 6.92 Å². The highest BCUT2D eigenvalue weighted by molar-refractivity contribution is 6.12. The van der Waals surface area contributed by atoms with Gasteiger partial charge in [-0.05, 0) is 6.92 Å². The molecule has 0 amide bonds. The third-order valence-electron chi connectivity index (χ3n) is 2.47. The van der Waals surface area contributed by atoms with Crippen molar-refractivity contribution in [2.75, 3.05) is 6.61 Å². The van der Waals surface area contributed by atoms with Gasteiger partial charge in [0.15, 0.2) is 11.2 Å². The van der Waals surface area contributed by atoms with Gasteiger partial charge in [0.2, 0.25) is 0 Å². The molecule has 0 bridgehead atoms. The van der Waals surface area contributed by atoms with E-state index in [0.29, 0.717) is 5.56 Å². The third kappa shape index (κ3) is 1.53. The van der Waals surface area contributed by atoms with E-state index >= 15 is 0 Å². The molecule has 1 unspecified atom stereocenters. The monoisotopic (exact) mass is 206 g/mol. The lowest BCUT2D eigenvalue weighted by atomic mass is 9.83. The van der Waals surface area contributed by atoms with Gasteiger partial charge in [0.05, 0.1) is 0 Å². The first-order valence-electron chi connectivity index (χ1n) is 4.58. The summed E-state index contributed by atoms with van der Waals surface area (Å²) in [4.78, 5) is 32.2. The van der Waals surface area contributed by atoms with Gasteiger partial charge in [0.25, 0.3) is 0 Å². The summed E-state index contributed by atoms with van der Waals surface area (Å²) >= 11 is 0. The zero-order valence-electron chi connectivity index (χ0n) is 8.23. The average molecular weight is 206 g/mol. The summed E-state index contributed by atoms with van der Waals surface area (Å²) in [6.45, 7) is 1.50. The number of benzene rings is 1. The van der Waals surface area contributed by atoms with Crippen LogP contribution < -0.4 is 0 Å². The standard InChI is InChI=1S/C11H10O4/c1-11(7-14-15-10(11)13)9(12)8-5-3-2-4-6-8/h2-6H,7H2,1H3. The van der Waals surface area contributed by atoms with Gasteiger partial charge >= 0.3 is 5.97 Å². The highest BCUT2D eigenvalue weighted by Crippen LogP contribution is 2.29. The summed E-state index contributed by atoms with van der Waals surface area (Å²) in [6.07, 6.45) is 0.